The lowest BCUT2D eigenvalue weighted by Crippen LogP contribution is -2.31. The highest BCUT2D eigenvalue weighted by atomic mass is 32.1. The van der Waals surface area contributed by atoms with E-state index in [1.54, 1.807) is 12.1 Å². The molecule has 0 aliphatic heterocycles. The average molecular weight is 386 g/mol. The van der Waals surface area contributed by atoms with E-state index >= 15 is 0 Å². The molecule has 0 spiro atoms. The number of hydrazone groups is 1. The number of hydrogen-bond donors (Lipinski definition) is 2. The maximum atomic E-state index is 10.7. The van der Waals surface area contributed by atoms with Gasteiger partial charge in [0.25, 0.3) is 5.69 Å². The summed E-state index contributed by atoms with van der Waals surface area (Å²) in [6, 6.07) is 14.0. The molecular weight excluding hydrogens is 364 g/mol. The van der Waals surface area contributed by atoms with E-state index in [2.05, 4.69) is 29.7 Å². The SMILES string of the molecule is CC(C)COc1ccc(CNC(=S)N/N=C/c2cccc([N+](=O)[O-])c2)cc1. The zero-order valence-electron chi connectivity index (χ0n) is 15.2. The van der Waals surface area contributed by atoms with Crippen molar-refractivity contribution < 1.29 is 9.66 Å². The van der Waals surface area contributed by atoms with E-state index in [0.717, 1.165) is 11.3 Å². The third-order valence-electron chi connectivity index (χ3n) is 3.42. The molecular formula is C19H22N4O3S. The Bertz CT molecular complexity index is 807. The van der Waals surface area contributed by atoms with Crippen LogP contribution in [-0.2, 0) is 6.54 Å². The number of nitrogens with zero attached hydrogens (tertiary/aromatic N) is 2. The summed E-state index contributed by atoms with van der Waals surface area (Å²) in [4.78, 5) is 10.3. The molecule has 0 heterocycles. The molecule has 27 heavy (non-hydrogen) atoms. The Labute approximate surface area is 163 Å². The van der Waals surface area contributed by atoms with Crippen LogP contribution in [0.5, 0.6) is 5.75 Å². The summed E-state index contributed by atoms with van der Waals surface area (Å²) < 4.78 is 5.65. The number of rotatable bonds is 8. The maximum absolute atomic E-state index is 10.7. The molecule has 0 unspecified atom stereocenters. The van der Waals surface area contributed by atoms with Gasteiger partial charge in [-0.3, -0.25) is 15.5 Å². The number of nitrogens with one attached hydrogen (secondary N) is 2. The fourth-order valence-corrected chi connectivity index (χ4v) is 2.20. The van der Waals surface area contributed by atoms with Crippen molar-refractivity contribution in [2.24, 2.45) is 11.0 Å². The first-order chi connectivity index (χ1) is 12.9. The molecule has 0 aromatic heterocycles. The Morgan fingerprint density at radius 2 is 2.04 bits per heavy atom. The summed E-state index contributed by atoms with van der Waals surface area (Å²) in [5.41, 5.74) is 4.37. The number of thiocarbonyl (C=S) groups is 1. The minimum absolute atomic E-state index is 0.0143. The van der Waals surface area contributed by atoms with Gasteiger partial charge in [0.05, 0.1) is 17.7 Å². The average Bonchev–Trinajstić information content (AvgIpc) is 2.65. The van der Waals surface area contributed by atoms with Crippen molar-refractivity contribution in [2.75, 3.05) is 6.61 Å². The van der Waals surface area contributed by atoms with Gasteiger partial charge in [0.1, 0.15) is 5.75 Å². The van der Waals surface area contributed by atoms with Crippen molar-refractivity contribution in [1.82, 2.24) is 10.7 Å². The van der Waals surface area contributed by atoms with E-state index in [-0.39, 0.29) is 5.69 Å². The second-order valence-electron chi connectivity index (χ2n) is 6.25. The molecule has 0 amide bonds. The van der Waals surface area contributed by atoms with E-state index in [0.29, 0.717) is 29.7 Å². The van der Waals surface area contributed by atoms with Gasteiger partial charge in [-0.25, -0.2) is 0 Å². The second kappa shape index (κ2) is 10.2. The largest absolute Gasteiger partial charge is 0.493 e. The van der Waals surface area contributed by atoms with Crippen LogP contribution in [0.4, 0.5) is 5.69 Å². The molecule has 0 radical (unpaired) electrons. The highest BCUT2D eigenvalue weighted by molar-refractivity contribution is 7.80. The number of nitro groups is 1. The quantitative estimate of drug-likeness (QED) is 0.312. The number of benzene rings is 2. The Kier molecular flexibility index (Phi) is 7.69. The van der Waals surface area contributed by atoms with Crippen LogP contribution >= 0.6 is 12.2 Å². The van der Waals surface area contributed by atoms with E-state index in [4.69, 9.17) is 17.0 Å². The summed E-state index contributed by atoms with van der Waals surface area (Å²) in [5.74, 6) is 1.33. The minimum Gasteiger partial charge on any atom is -0.493 e. The number of hydrogen-bond acceptors (Lipinski definition) is 5. The first-order valence-electron chi connectivity index (χ1n) is 8.47. The van der Waals surface area contributed by atoms with Crippen LogP contribution in [0.25, 0.3) is 0 Å². The lowest BCUT2D eigenvalue weighted by Gasteiger charge is -2.10. The molecule has 7 nitrogen and oxygen atoms in total. The first-order valence-corrected chi connectivity index (χ1v) is 8.88. The standard InChI is InChI=1S/C19H22N4O3S/c1-14(2)13-26-18-8-6-15(7-9-18)11-20-19(27)22-21-12-16-4-3-5-17(10-16)23(24)25/h3-10,12,14H,11,13H2,1-2H3,(H2,20,22,27)/b21-12+. The molecule has 2 rings (SSSR count). The van der Waals surface area contributed by atoms with Gasteiger partial charge in [-0.05, 0) is 35.8 Å². The smallest absolute Gasteiger partial charge is 0.270 e. The second-order valence-corrected chi connectivity index (χ2v) is 6.66. The van der Waals surface area contributed by atoms with Crippen molar-refractivity contribution in [2.45, 2.75) is 20.4 Å². The van der Waals surface area contributed by atoms with E-state index in [1.807, 2.05) is 24.3 Å². The van der Waals surface area contributed by atoms with Gasteiger partial charge in [-0.2, -0.15) is 5.10 Å². The van der Waals surface area contributed by atoms with E-state index < -0.39 is 4.92 Å². The highest BCUT2D eigenvalue weighted by Gasteiger charge is 2.04. The van der Waals surface area contributed by atoms with Gasteiger partial charge in [-0.15, -0.1) is 0 Å². The fourth-order valence-electron chi connectivity index (χ4n) is 2.07. The number of non-ortho nitro benzene ring substituents is 1. The molecule has 2 aromatic carbocycles. The predicted molar refractivity (Wildman–Crippen MR) is 110 cm³/mol. The van der Waals surface area contributed by atoms with Crippen LogP contribution in [0.2, 0.25) is 0 Å². The minimum atomic E-state index is -0.448. The highest BCUT2D eigenvalue weighted by Crippen LogP contribution is 2.13. The van der Waals surface area contributed by atoms with Crippen LogP contribution in [0.1, 0.15) is 25.0 Å². The summed E-state index contributed by atoms with van der Waals surface area (Å²) in [7, 11) is 0. The first kappa shape index (κ1) is 20.3. The summed E-state index contributed by atoms with van der Waals surface area (Å²) in [6.07, 6.45) is 1.47. The van der Waals surface area contributed by atoms with Crippen LogP contribution < -0.4 is 15.5 Å². The molecule has 2 N–H and O–H groups in total. The van der Waals surface area contributed by atoms with E-state index in [1.165, 1.54) is 18.3 Å². The van der Waals surface area contributed by atoms with Crippen LogP contribution in [0.3, 0.4) is 0 Å². The molecule has 0 saturated carbocycles. The lowest BCUT2D eigenvalue weighted by atomic mass is 10.2. The molecule has 8 heteroatoms. The molecule has 0 fully saturated rings. The predicted octanol–water partition coefficient (Wildman–Crippen LogP) is 3.63. The molecule has 0 aliphatic carbocycles. The summed E-state index contributed by atoms with van der Waals surface area (Å²) >= 11 is 5.16. The zero-order valence-corrected chi connectivity index (χ0v) is 16.0. The van der Waals surface area contributed by atoms with Gasteiger partial charge in [0.2, 0.25) is 0 Å². The van der Waals surface area contributed by atoms with Crippen LogP contribution in [-0.4, -0.2) is 22.9 Å². The molecule has 2 aromatic rings. The van der Waals surface area contributed by atoms with Gasteiger partial charge in [-0.1, -0.05) is 38.1 Å². The number of nitro benzene ring substituents is 1. The van der Waals surface area contributed by atoms with Crippen molar-refractivity contribution >= 4 is 29.2 Å². The van der Waals surface area contributed by atoms with Crippen molar-refractivity contribution in [3.05, 3.63) is 69.8 Å². The molecule has 142 valence electrons. The zero-order chi connectivity index (χ0) is 19.6. The van der Waals surface area contributed by atoms with Crippen molar-refractivity contribution in [3.63, 3.8) is 0 Å². The monoisotopic (exact) mass is 386 g/mol. The van der Waals surface area contributed by atoms with Gasteiger partial charge >= 0.3 is 0 Å². The number of ether oxygens (including phenoxy) is 1. The fraction of sp³-hybridized carbons (Fsp3) is 0.263. The summed E-state index contributed by atoms with van der Waals surface area (Å²) in [5, 5.41) is 18.1. The van der Waals surface area contributed by atoms with Gasteiger partial charge < -0.3 is 10.1 Å². The van der Waals surface area contributed by atoms with Gasteiger partial charge in [0.15, 0.2) is 5.11 Å². The molecule has 0 atom stereocenters. The third-order valence-corrected chi connectivity index (χ3v) is 3.66. The summed E-state index contributed by atoms with van der Waals surface area (Å²) in [6.45, 7) is 5.44. The van der Waals surface area contributed by atoms with E-state index in [9.17, 15) is 10.1 Å². The Hall–Kier alpha value is -3.00. The molecule has 0 aliphatic rings. The molecule has 0 bridgehead atoms. The Morgan fingerprint density at radius 1 is 1.30 bits per heavy atom. The Morgan fingerprint density at radius 3 is 2.70 bits per heavy atom. The van der Waals surface area contributed by atoms with Crippen molar-refractivity contribution in [3.8, 4) is 5.75 Å². The van der Waals surface area contributed by atoms with Crippen LogP contribution in [0.15, 0.2) is 53.6 Å². The molecule has 0 saturated heterocycles. The normalized spacial score (nSPS) is 10.8. The van der Waals surface area contributed by atoms with Crippen molar-refractivity contribution in [1.29, 1.82) is 0 Å². The lowest BCUT2D eigenvalue weighted by molar-refractivity contribution is -0.384. The van der Waals surface area contributed by atoms with Crippen LogP contribution in [0, 0.1) is 16.0 Å². The maximum Gasteiger partial charge on any atom is 0.270 e. The Balaban J connectivity index is 1.77. The van der Waals surface area contributed by atoms with Gasteiger partial charge in [0, 0.05) is 24.2 Å². The third kappa shape index (κ3) is 7.41. The topological polar surface area (TPSA) is 88.8 Å².